The quantitative estimate of drug-likeness (QED) is 0.473. The minimum absolute atomic E-state index is 0.0287. The van der Waals surface area contributed by atoms with Crippen LogP contribution < -0.4 is 16.0 Å². The molecule has 3 rings (SSSR count). The molecule has 0 aromatic heterocycles. The average Bonchev–Trinajstić information content (AvgIpc) is 2.69. The number of nitrogens with one attached hydrogen (secondary N) is 3. The Kier molecular flexibility index (Phi) is 6.82. The summed E-state index contributed by atoms with van der Waals surface area (Å²) in [6.45, 7) is 0. The fourth-order valence-electron chi connectivity index (χ4n) is 2.51. The Morgan fingerprint density at radius 1 is 0.759 bits per heavy atom. The van der Waals surface area contributed by atoms with Crippen LogP contribution in [0, 0.1) is 0 Å². The highest BCUT2D eigenvalue weighted by Gasteiger charge is 2.15. The van der Waals surface area contributed by atoms with Crippen molar-refractivity contribution in [1.82, 2.24) is 5.32 Å². The van der Waals surface area contributed by atoms with E-state index in [-0.39, 0.29) is 21.6 Å². The molecule has 0 aliphatic rings. The van der Waals surface area contributed by atoms with Crippen LogP contribution >= 0.6 is 35.4 Å². The van der Waals surface area contributed by atoms with Gasteiger partial charge in [-0.15, -0.1) is 0 Å². The molecule has 29 heavy (non-hydrogen) atoms. The van der Waals surface area contributed by atoms with Gasteiger partial charge in [-0.1, -0.05) is 53.5 Å². The summed E-state index contributed by atoms with van der Waals surface area (Å²) >= 11 is 17.1. The number of thiocarbonyl (C=S) groups is 1. The van der Waals surface area contributed by atoms with E-state index in [0.717, 1.165) is 0 Å². The normalized spacial score (nSPS) is 10.1. The fourth-order valence-corrected chi connectivity index (χ4v) is 3.20. The lowest BCUT2D eigenvalue weighted by Crippen LogP contribution is -2.34. The van der Waals surface area contributed by atoms with Crippen molar-refractivity contribution in [1.29, 1.82) is 0 Å². The zero-order valence-corrected chi connectivity index (χ0v) is 17.2. The Hall–Kier alpha value is -2.93. The number of carbonyl (C=O) groups is 2. The number of amides is 2. The molecule has 0 atom stereocenters. The van der Waals surface area contributed by atoms with E-state index in [1.807, 2.05) is 18.2 Å². The van der Waals surface area contributed by atoms with E-state index >= 15 is 0 Å². The molecule has 3 aromatic rings. The summed E-state index contributed by atoms with van der Waals surface area (Å²) < 4.78 is 0. The number of carbonyl (C=O) groups excluding carboxylic acids is 2. The molecule has 3 aromatic carbocycles. The van der Waals surface area contributed by atoms with E-state index in [1.54, 1.807) is 42.5 Å². The Balaban J connectivity index is 1.70. The molecule has 0 radical (unpaired) electrons. The first-order valence-electron chi connectivity index (χ1n) is 8.47. The van der Waals surface area contributed by atoms with Crippen LogP contribution in [-0.2, 0) is 0 Å². The zero-order valence-electron chi connectivity index (χ0n) is 14.9. The third-order valence-corrected chi connectivity index (χ3v) is 4.61. The molecule has 0 saturated heterocycles. The van der Waals surface area contributed by atoms with E-state index in [4.69, 9.17) is 35.4 Å². The zero-order chi connectivity index (χ0) is 20.8. The fraction of sp³-hybridized carbons (Fsp3) is 0. The van der Waals surface area contributed by atoms with Crippen molar-refractivity contribution >= 4 is 63.7 Å². The van der Waals surface area contributed by atoms with Gasteiger partial charge in [-0.3, -0.25) is 14.9 Å². The predicted octanol–water partition coefficient (Wildman–Crippen LogP) is 5.37. The second kappa shape index (κ2) is 9.52. The van der Waals surface area contributed by atoms with Crippen LogP contribution in [0.5, 0.6) is 0 Å². The summed E-state index contributed by atoms with van der Waals surface area (Å²) in [7, 11) is 0. The van der Waals surface area contributed by atoms with E-state index < -0.39 is 5.91 Å². The van der Waals surface area contributed by atoms with Gasteiger partial charge in [0, 0.05) is 10.7 Å². The van der Waals surface area contributed by atoms with Crippen LogP contribution in [0.1, 0.15) is 20.7 Å². The third kappa shape index (κ3) is 5.54. The average molecular weight is 444 g/mol. The van der Waals surface area contributed by atoms with Gasteiger partial charge >= 0.3 is 0 Å². The van der Waals surface area contributed by atoms with Crippen LogP contribution in [0.4, 0.5) is 11.4 Å². The molecule has 8 heteroatoms. The number of hydrogen-bond acceptors (Lipinski definition) is 3. The van der Waals surface area contributed by atoms with Gasteiger partial charge in [-0.2, -0.15) is 0 Å². The summed E-state index contributed by atoms with van der Waals surface area (Å²) in [6.07, 6.45) is 0. The highest BCUT2D eigenvalue weighted by molar-refractivity contribution is 7.80. The first-order chi connectivity index (χ1) is 13.9. The first-order valence-corrected chi connectivity index (χ1v) is 9.63. The molecule has 0 aliphatic heterocycles. The maximum Gasteiger partial charge on any atom is 0.258 e. The molecule has 0 aliphatic carbocycles. The standard InChI is InChI=1S/C21H15Cl2N3O2S/c22-13-10-11-15(17(23)12-13)19(27)26-21(29)25-18-9-5-4-8-16(18)20(28)24-14-6-2-1-3-7-14/h1-12H,(H,24,28)(H2,25,26,27,29). The number of anilines is 2. The molecule has 0 saturated carbocycles. The Bertz CT molecular complexity index is 1070. The molecular weight excluding hydrogens is 429 g/mol. The molecule has 2 amide bonds. The molecule has 0 unspecified atom stereocenters. The van der Waals surface area contributed by atoms with Gasteiger partial charge in [0.05, 0.1) is 21.8 Å². The third-order valence-electron chi connectivity index (χ3n) is 3.85. The highest BCUT2D eigenvalue weighted by atomic mass is 35.5. The summed E-state index contributed by atoms with van der Waals surface area (Å²) in [4.78, 5) is 25.0. The summed E-state index contributed by atoms with van der Waals surface area (Å²) in [6, 6.07) is 20.4. The molecule has 3 N–H and O–H groups in total. The minimum atomic E-state index is -0.490. The van der Waals surface area contributed by atoms with Crippen LogP contribution in [0.2, 0.25) is 10.0 Å². The number of benzene rings is 3. The molecule has 0 bridgehead atoms. The molecule has 0 fully saturated rings. The summed E-state index contributed by atoms with van der Waals surface area (Å²) in [5, 5.41) is 8.89. The Morgan fingerprint density at radius 3 is 2.17 bits per heavy atom. The minimum Gasteiger partial charge on any atom is -0.332 e. The maximum atomic E-state index is 12.6. The van der Waals surface area contributed by atoms with Crippen molar-refractivity contribution in [3.63, 3.8) is 0 Å². The van der Waals surface area contributed by atoms with Crippen LogP contribution in [0.25, 0.3) is 0 Å². The topological polar surface area (TPSA) is 70.2 Å². The predicted molar refractivity (Wildman–Crippen MR) is 121 cm³/mol. The summed E-state index contributed by atoms with van der Waals surface area (Å²) in [5.41, 5.74) is 1.72. The van der Waals surface area contributed by atoms with E-state index in [9.17, 15) is 9.59 Å². The molecule has 146 valence electrons. The number of para-hydroxylation sites is 2. The van der Waals surface area contributed by atoms with Crippen molar-refractivity contribution in [2.45, 2.75) is 0 Å². The highest BCUT2D eigenvalue weighted by Crippen LogP contribution is 2.21. The monoisotopic (exact) mass is 443 g/mol. The van der Waals surface area contributed by atoms with Gasteiger partial charge in [0.1, 0.15) is 0 Å². The van der Waals surface area contributed by atoms with Crippen LogP contribution in [0.3, 0.4) is 0 Å². The van der Waals surface area contributed by atoms with Crippen molar-refractivity contribution in [3.8, 4) is 0 Å². The van der Waals surface area contributed by atoms with Crippen molar-refractivity contribution in [2.75, 3.05) is 10.6 Å². The molecule has 5 nitrogen and oxygen atoms in total. The van der Waals surface area contributed by atoms with Gasteiger partial charge in [-0.25, -0.2) is 0 Å². The van der Waals surface area contributed by atoms with Gasteiger partial charge in [0.15, 0.2) is 5.11 Å². The largest absolute Gasteiger partial charge is 0.332 e. The van der Waals surface area contributed by atoms with Gasteiger partial charge in [-0.05, 0) is 54.7 Å². The van der Waals surface area contributed by atoms with E-state index in [2.05, 4.69) is 16.0 Å². The van der Waals surface area contributed by atoms with Gasteiger partial charge in [0.25, 0.3) is 11.8 Å². The van der Waals surface area contributed by atoms with Gasteiger partial charge in [0.2, 0.25) is 0 Å². The smallest absolute Gasteiger partial charge is 0.258 e. The Morgan fingerprint density at radius 2 is 1.45 bits per heavy atom. The lowest BCUT2D eigenvalue weighted by atomic mass is 10.1. The van der Waals surface area contributed by atoms with Gasteiger partial charge < -0.3 is 10.6 Å². The van der Waals surface area contributed by atoms with E-state index in [0.29, 0.717) is 22.0 Å². The number of halogens is 2. The van der Waals surface area contributed by atoms with Crippen molar-refractivity contribution < 1.29 is 9.59 Å². The lowest BCUT2D eigenvalue weighted by Gasteiger charge is -2.14. The first kappa shape index (κ1) is 20.8. The maximum absolute atomic E-state index is 12.6. The Labute approximate surface area is 183 Å². The molecule has 0 spiro atoms. The lowest BCUT2D eigenvalue weighted by molar-refractivity contribution is 0.0976. The van der Waals surface area contributed by atoms with E-state index in [1.165, 1.54) is 12.1 Å². The van der Waals surface area contributed by atoms with Crippen LogP contribution in [0.15, 0.2) is 72.8 Å². The molecular formula is C21H15Cl2N3O2S. The second-order valence-electron chi connectivity index (χ2n) is 5.90. The number of rotatable bonds is 4. The second-order valence-corrected chi connectivity index (χ2v) is 7.15. The SMILES string of the molecule is O=C(NC(=S)Nc1ccccc1C(=O)Nc1ccccc1)c1ccc(Cl)cc1Cl. The van der Waals surface area contributed by atoms with Crippen molar-refractivity contribution in [2.24, 2.45) is 0 Å². The van der Waals surface area contributed by atoms with Crippen molar-refractivity contribution in [3.05, 3.63) is 94.0 Å². The summed E-state index contributed by atoms with van der Waals surface area (Å²) in [5.74, 6) is -0.801. The number of hydrogen-bond donors (Lipinski definition) is 3. The van der Waals surface area contributed by atoms with Crippen LogP contribution in [-0.4, -0.2) is 16.9 Å². The molecule has 0 heterocycles.